The summed E-state index contributed by atoms with van der Waals surface area (Å²) in [5.74, 6) is 0. The second-order valence-electron chi connectivity index (χ2n) is 5.28. The third-order valence-electron chi connectivity index (χ3n) is 4.65. The molecule has 1 saturated heterocycles. The maximum atomic E-state index is 6.68. The fraction of sp³-hybridized carbons (Fsp3) is 1.00. The zero-order valence-corrected chi connectivity index (χ0v) is 12.5. The van der Waals surface area contributed by atoms with Gasteiger partial charge in [-0.05, 0) is 37.8 Å². The maximum absolute atomic E-state index is 6.68. The minimum atomic E-state index is -1.66. The average Bonchev–Trinajstić information content (AvgIpc) is 2.37. The topological polar surface area (TPSA) is 35.2 Å². The molecule has 1 heterocycles. The summed E-state index contributed by atoms with van der Waals surface area (Å²) < 4.78 is 6.68. The molecule has 0 spiro atoms. The van der Waals surface area contributed by atoms with Crippen molar-refractivity contribution in [3.8, 4) is 0 Å². The molecule has 2 nitrogen and oxygen atoms in total. The summed E-state index contributed by atoms with van der Waals surface area (Å²) in [6.07, 6.45) is 5.94. The lowest BCUT2D eigenvalue weighted by Crippen LogP contribution is -2.61. The summed E-state index contributed by atoms with van der Waals surface area (Å²) in [6, 6.07) is 2.46. The molecule has 0 aromatic carbocycles. The lowest BCUT2D eigenvalue weighted by Gasteiger charge is -2.49. The van der Waals surface area contributed by atoms with Crippen LogP contribution in [-0.4, -0.2) is 19.6 Å². The highest BCUT2D eigenvalue weighted by Crippen LogP contribution is 2.41. The maximum Gasteiger partial charge on any atom is 0.209 e. The Kier molecular flexibility index (Phi) is 5.01. The summed E-state index contributed by atoms with van der Waals surface area (Å²) in [4.78, 5) is 0. The van der Waals surface area contributed by atoms with Crippen LogP contribution in [0, 0.1) is 0 Å². The van der Waals surface area contributed by atoms with E-state index < -0.39 is 8.32 Å². The Labute approximate surface area is 102 Å². The predicted molar refractivity (Wildman–Crippen MR) is 72.9 cm³/mol. The molecule has 96 valence electrons. The van der Waals surface area contributed by atoms with Crippen molar-refractivity contribution in [1.82, 2.24) is 0 Å². The lowest BCUT2D eigenvalue weighted by molar-refractivity contribution is 0.0204. The molecule has 2 atom stereocenters. The first-order valence-corrected chi connectivity index (χ1v) is 9.43. The van der Waals surface area contributed by atoms with Crippen molar-refractivity contribution in [3.63, 3.8) is 0 Å². The van der Waals surface area contributed by atoms with Gasteiger partial charge in [-0.25, -0.2) is 0 Å². The van der Waals surface area contributed by atoms with Crippen LogP contribution in [0.15, 0.2) is 0 Å². The Bertz CT molecular complexity index is 218. The quantitative estimate of drug-likeness (QED) is 0.749. The van der Waals surface area contributed by atoms with Gasteiger partial charge in [-0.1, -0.05) is 34.1 Å². The number of hydrogen-bond donors (Lipinski definition) is 1. The molecule has 1 fully saturated rings. The largest absolute Gasteiger partial charge is 0.410 e. The van der Waals surface area contributed by atoms with E-state index in [0.29, 0.717) is 5.67 Å². The van der Waals surface area contributed by atoms with Crippen molar-refractivity contribution >= 4 is 8.32 Å². The lowest BCUT2D eigenvalue weighted by atomic mass is 9.92. The Morgan fingerprint density at radius 2 is 1.88 bits per heavy atom. The fourth-order valence-corrected chi connectivity index (χ4v) is 7.55. The molecule has 0 aromatic rings. The first kappa shape index (κ1) is 14.2. The fourth-order valence-electron chi connectivity index (χ4n) is 3.14. The highest BCUT2D eigenvalue weighted by molar-refractivity contribution is 6.75. The smallest absolute Gasteiger partial charge is 0.209 e. The van der Waals surface area contributed by atoms with Gasteiger partial charge in [0.05, 0.1) is 5.60 Å². The highest BCUT2D eigenvalue weighted by Gasteiger charge is 2.47. The van der Waals surface area contributed by atoms with Gasteiger partial charge in [-0.2, -0.15) is 0 Å². The molecular weight excluding hydrogens is 214 g/mol. The minimum Gasteiger partial charge on any atom is -0.410 e. The van der Waals surface area contributed by atoms with E-state index in [1.807, 2.05) is 0 Å². The van der Waals surface area contributed by atoms with Gasteiger partial charge in [-0.3, -0.25) is 0 Å². The second kappa shape index (κ2) is 5.65. The van der Waals surface area contributed by atoms with Gasteiger partial charge < -0.3 is 10.2 Å². The average molecular weight is 243 g/mol. The first-order chi connectivity index (χ1) is 7.58. The van der Waals surface area contributed by atoms with E-state index in [0.717, 1.165) is 19.3 Å². The summed E-state index contributed by atoms with van der Waals surface area (Å²) in [5.41, 5.74) is 6.85. The van der Waals surface area contributed by atoms with E-state index in [4.69, 9.17) is 10.2 Å². The molecule has 1 aliphatic rings. The van der Waals surface area contributed by atoms with Crippen LogP contribution in [0.4, 0.5) is 0 Å². The Morgan fingerprint density at radius 3 is 2.31 bits per heavy atom. The normalized spacial score (nSPS) is 31.3. The molecule has 3 heteroatoms. The molecule has 0 saturated carbocycles. The monoisotopic (exact) mass is 243 g/mol. The van der Waals surface area contributed by atoms with E-state index in [2.05, 4.69) is 27.7 Å². The van der Waals surface area contributed by atoms with Crippen molar-refractivity contribution < 1.29 is 4.43 Å². The highest BCUT2D eigenvalue weighted by atomic mass is 28.4. The SMILES string of the molecule is CCC(N)[Si]1(CC)CCCC(CC)(CC)O1. The summed E-state index contributed by atoms with van der Waals surface area (Å²) in [7, 11) is -1.66. The molecule has 1 rings (SSSR count). The van der Waals surface area contributed by atoms with Crippen LogP contribution in [0.5, 0.6) is 0 Å². The molecule has 0 aliphatic carbocycles. The Hall–Kier alpha value is 0.137. The van der Waals surface area contributed by atoms with E-state index in [-0.39, 0.29) is 5.60 Å². The van der Waals surface area contributed by atoms with E-state index in [1.54, 1.807) is 0 Å². The predicted octanol–water partition coefficient (Wildman–Crippen LogP) is 3.60. The van der Waals surface area contributed by atoms with Crippen molar-refractivity contribution in [2.24, 2.45) is 5.73 Å². The first-order valence-electron chi connectivity index (χ1n) is 7.03. The number of nitrogens with two attached hydrogens (primary N) is 1. The van der Waals surface area contributed by atoms with Gasteiger partial charge in [0.25, 0.3) is 0 Å². The summed E-state index contributed by atoms with van der Waals surface area (Å²) in [5, 5.41) is 0. The molecule has 2 N–H and O–H groups in total. The second-order valence-corrected chi connectivity index (χ2v) is 9.56. The van der Waals surface area contributed by atoms with E-state index >= 15 is 0 Å². The van der Waals surface area contributed by atoms with Crippen LogP contribution in [0.25, 0.3) is 0 Å². The minimum absolute atomic E-state index is 0.160. The molecule has 0 radical (unpaired) electrons. The van der Waals surface area contributed by atoms with Gasteiger partial charge in [0.1, 0.15) is 0 Å². The van der Waals surface area contributed by atoms with Gasteiger partial charge in [0.2, 0.25) is 8.32 Å². The van der Waals surface area contributed by atoms with Crippen LogP contribution in [0.1, 0.15) is 59.8 Å². The van der Waals surface area contributed by atoms with Gasteiger partial charge in [-0.15, -0.1) is 0 Å². The van der Waals surface area contributed by atoms with Gasteiger partial charge in [0, 0.05) is 5.67 Å². The summed E-state index contributed by atoms with van der Waals surface area (Å²) >= 11 is 0. The van der Waals surface area contributed by atoms with Crippen LogP contribution in [0.2, 0.25) is 12.1 Å². The van der Waals surface area contributed by atoms with Crippen LogP contribution in [-0.2, 0) is 4.43 Å². The molecule has 0 bridgehead atoms. The van der Waals surface area contributed by atoms with Crippen molar-refractivity contribution in [2.45, 2.75) is 83.2 Å². The van der Waals surface area contributed by atoms with Gasteiger partial charge in [0.15, 0.2) is 0 Å². The Morgan fingerprint density at radius 1 is 1.25 bits per heavy atom. The van der Waals surface area contributed by atoms with Crippen molar-refractivity contribution in [1.29, 1.82) is 0 Å². The molecule has 0 aromatic heterocycles. The van der Waals surface area contributed by atoms with Crippen LogP contribution in [0.3, 0.4) is 0 Å². The van der Waals surface area contributed by atoms with Gasteiger partial charge >= 0.3 is 0 Å². The molecule has 1 aliphatic heterocycles. The van der Waals surface area contributed by atoms with Crippen LogP contribution >= 0.6 is 0 Å². The zero-order valence-electron chi connectivity index (χ0n) is 11.5. The molecule has 0 amide bonds. The number of rotatable bonds is 5. The third-order valence-corrected chi connectivity index (χ3v) is 9.65. The van der Waals surface area contributed by atoms with E-state index in [9.17, 15) is 0 Å². The molecule has 16 heavy (non-hydrogen) atoms. The zero-order chi connectivity index (χ0) is 12.2. The summed E-state index contributed by atoms with van der Waals surface area (Å²) in [6.45, 7) is 9.01. The van der Waals surface area contributed by atoms with Crippen molar-refractivity contribution in [2.75, 3.05) is 0 Å². The standard InChI is InChI=1S/C13H29NOSi/c1-5-12(14)16(8-4)11-9-10-13(6-2,7-3)15-16/h12H,5-11,14H2,1-4H3. The molecule has 2 unspecified atom stereocenters. The third kappa shape index (κ3) is 2.52. The van der Waals surface area contributed by atoms with E-state index in [1.165, 1.54) is 24.9 Å². The van der Waals surface area contributed by atoms with Crippen LogP contribution < -0.4 is 5.73 Å². The Balaban J connectivity index is 2.87. The molecular formula is C13H29NOSi. The van der Waals surface area contributed by atoms with Crippen molar-refractivity contribution in [3.05, 3.63) is 0 Å². The number of hydrogen-bond acceptors (Lipinski definition) is 2.